The molecule has 1 aromatic carbocycles. The van der Waals surface area contributed by atoms with Gasteiger partial charge in [-0.05, 0) is 49.9 Å². The lowest BCUT2D eigenvalue weighted by molar-refractivity contribution is -0.135. The highest BCUT2D eigenvalue weighted by Crippen LogP contribution is 2.11. The van der Waals surface area contributed by atoms with Crippen molar-refractivity contribution in [2.24, 2.45) is 0 Å². The molecule has 3 N–H and O–H groups in total. The molecule has 0 radical (unpaired) electrons. The first-order chi connectivity index (χ1) is 14.1. The molecule has 0 heterocycles. The van der Waals surface area contributed by atoms with E-state index in [1.807, 2.05) is 12.1 Å². The molecule has 29 heavy (non-hydrogen) atoms. The zero-order valence-electron chi connectivity index (χ0n) is 17.9. The fourth-order valence-corrected chi connectivity index (χ4v) is 3.08. The molecular weight excluding hydrogens is 364 g/mol. The molecule has 0 atom stereocenters. The van der Waals surface area contributed by atoms with Crippen molar-refractivity contribution < 1.29 is 14.7 Å². The third kappa shape index (κ3) is 13.5. The SMILES string of the molecule is CCCCCCCCCC/C=C/CCCNc1ccc(C(=O)NCC(=O)O)cc1. The van der Waals surface area contributed by atoms with E-state index >= 15 is 0 Å². The average Bonchev–Trinajstić information content (AvgIpc) is 2.72. The maximum absolute atomic E-state index is 11.8. The Kier molecular flexibility index (Phi) is 14.2. The molecule has 1 amide bonds. The van der Waals surface area contributed by atoms with Crippen molar-refractivity contribution in [3.63, 3.8) is 0 Å². The van der Waals surface area contributed by atoms with Crippen LogP contribution in [0.3, 0.4) is 0 Å². The minimum absolute atomic E-state index is 0.370. The van der Waals surface area contributed by atoms with Gasteiger partial charge in [0.05, 0.1) is 0 Å². The average molecular weight is 403 g/mol. The Morgan fingerprint density at radius 3 is 2.07 bits per heavy atom. The number of hydrogen-bond donors (Lipinski definition) is 3. The molecule has 1 rings (SSSR count). The number of amides is 1. The van der Waals surface area contributed by atoms with E-state index < -0.39 is 5.97 Å². The van der Waals surface area contributed by atoms with E-state index in [1.54, 1.807) is 12.1 Å². The van der Waals surface area contributed by atoms with Crippen molar-refractivity contribution in [3.8, 4) is 0 Å². The van der Waals surface area contributed by atoms with Gasteiger partial charge in [-0.1, -0.05) is 64.0 Å². The van der Waals surface area contributed by atoms with Crippen LogP contribution in [0.15, 0.2) is 36.4 Å². The number of carboxylic acids is 1. The van der Waals surface area contributed by atoms with Crippen molar-refractivity contribution in [1.82, 2.24) is 5.32 Å². The van der Waals surface area contributed by atoms with Crippen LogP contribution in [0.2, 0.25) is 0 Å². The number of allylic oxidation sites excluding steroid dienone is 2. The number of aliphatic carboxylic acids is 1. The predicted octanol–water partition coefficient (Wildman–Crippen LogP) is 5.78. The topological polar surface area (TPSA) is 78.4 Å². The quantitative estimate of drug-likeness (QED) is 0.228. The Morgan fingerprint density at radius 2 is 1.45 bits per heavy atom. The van der Waals surface area contributed by atoms with Crippen LogP contribution in [0, 0.1) is 0 Å². The third-order valence-corrected chi connectivity index (χ3v) is 4.81. The standard InChI is InChI=1S/C24H38N2O3/c1-2-3-4-5-6-7-8-9-10-11-12-13-14-19-25-22-17-15-21(16-18-22)24(29)26-20-23(27)28/h11-12,15-18,25H,2-10,13-14,19-20H2,1H3,(H,26,29)(H,27,28)/b12-11+. The van der Waals surface area contributed by atoms with E-state index in [4.69, 9.17) is 5.11 Å². The van der Waals surface area contributed by atoms with Gasteiger partial charge in [0, 0.05) is 17.8 Å². The van der Waals surface area contributed by atoms with Crippen LogP contribution in [0.25, 0.3) is 0 Å². The van der Waals surface area contributed by atoms with Gasteiger partial charge in [0.15, 0.2) is 0 Å². The van der Waals surface area contributed by atoms with Crippen molar-refractivity contribution >= 4 is 17.6 Å². The first kappa shape index (κ1) is 24.7. The number of nitrogens with one attached hydrogen (secondary N) is 2. The molecule has 0 saturated carbocycles. The second kappa shape index (κ2) is 16.6. The van der Waals surface area contributed by atoms with Crippen LogP contribution in [-0.4, -0.2) is 30.1 Å². The van der Waals surface area contributed by atoms with E-state index in [9.17, 15) is 9.59 Å². The highest BCUT2D eigenvalue weighted by atomic mass is 16.4. The number of benzene rings is 1. The van der Waals surface area contributed by atoms with Crippen LogP contribution < -0.4 is 10.6 Å². The maximum Gasteiger partial charge on any atom is 0.322 e. The van der Waals surface area contributed by atoms with Crippen LogP contribution >= 0.6 is 0 Å². The van der Waals surface area contributed by atoms with Gasteiger partial charge in [0.1, 0.15) is 6.54 Å². The van der Waals surface area contributed by atoms with E-state index in [1.165, 1.54) is 57.8 Å². The van der Waals surface area contributed by atoms with E-state index in [0.717, 1.165) is 25.1 Å². The van der Waals surface area contributed by atoms with Gasteiger partial charge in [-0.25, -0.2) is 0 Å². The van der Waals surface area contributed by atoms with Crippen molar-refractivity contribution in [2.75, 3.05) is 18.4 Å². The Labute approximate surface area is 176 Å². The fraction of sp³-hybridized carbons (Fsp3) is 0.583. The van der Waals surface area contributed by atoms with Crippen LogP contribution in [-0.2, 0) is 4.79 Å². The number of unbranched alkanes of at least 4 members (excludes halogenated alkanes) is 9. The van der Waals surface area contributed by atoms with Gasteiger partial charge in [-0.3, -0.25) is 9.59 Å². The highest BCUT2D eigenvalue weighted by molar-refractivity contribution is 5.96. The van der Waals surface area contributed by atoms with Gasteiger partial charge in [-0.15, -0.1) is 0 Å². The van der Waals surface area contributed by atoms with Gasteiger partial charge < -0.3 is 15.7 Å². The summed E-state index contributed by atoms with van der Waals surface area (Å²) < 4.78 is 0. The largest absolute Gasteiger partial charge is 0.480 e. The van der Waals surface area contributed by atoms with E-state index in [0.29, 0.717) is 5.56 Å². The Morgan fingerprint density at radius 1 is 0.862 bits per heavy atom. The lowest BCUT2D eigenvalue weighted by atomic mass is 10.1. The minimum atomic E-state index is -1.05. The molecule has 0 spiro atoms. The second-order valence-electron chi connectivity index (χ2n) is 7.46. The minimum Gasteiger partial charge on any atom is -0.480 e. The summed E-state index contributed by atoms with van der Waals surface area (Å²) in [5.41, 5.74) is 1.42. The molecule has 0 bridgehead atoms. The van der Waals surface area contributed by atoms with E-state index in [2.05, 4.69) is 29.7 Å². The van der Waals surface area contributed by atoms with Gasteiger partial charge >= 0.3 is 5.97 Å². The van der Waals surface area contributed by atoms with Crippen molar-refractivity contribution in [1.29, 1.82) is 0 Å². The number of hydrogen-bond acceptors (Lipinski definition) is 3. The van der Waals surface area contributed by atoms with Crippen molar-refractivity contribution in [3.05, 3.63) is 42.0 Å². The highest BCUT2D eigenvalue weighted by Gasteiger charge is 2.06. The normalized spacial score (nSPS) is 10.9. The van der Waals surface area contributed by atoms with Crippen molar-refractivity contribution in [2.45, 2.75) is 77.6 Å². The number of rotatable bonds is 17. The molecule has 5 heteroatoms. The third-order valence-electron chi connectivity index (χ3n) is 4.81. The lowest BCUT2D eigenvalue weighted by Crippen LogP contribution is -2.29. The molecule has 0 aliphatic rings. The van der Waals surface area contributed by atoms with Crippen LogP contribution in [0.4, 0.5) is 5.69 Å². The molecule has 162 valence electrons. The van der Waals surface area contributed by atoms with Gasteiger partial charge in [0.25, 0.3) is 5.91 Å². The molecule has 0 aliphatic heterocycles. The first-order valence-corrected chi connectivity index (χ1v) is 11.1. The number of carbonyl (C=O) groups is 2. The zero-order valence-corrected chi connectivity index (χ0v) is 17.9. The van der Waals surface area contributed by atoms with E-state index in [-0.39, 0.29) is 12.5 Å². The molecule has 0 fully saturated rings. The number of carboxylic acid groups (broad SMARTS) is 1. The zero-order chi connectivity index (χ0) is 21.2. The summed E-state index contributed by atoms with van der Waals surface area (Å²) in [6, 6.07) is 7.08. The first-order valence-electron chi connectivity index (χ1n) is 11.1. The predicted molar refractivity (Wildman–Crippen MR) is 121 cm³/mol. The van der Waals surface area contributed by atoms with Crippen LogP contribution in [0.1, 0.15) is 87.9 Å². The Bertz CT molecular complexity index is 597. The van der Waals surface area contributed by atoms with Gasteiger partial charge in [0.2, 0.25) is 0 Å². The summed E-state index contributed by atoms with van der Waals surface area (Å²) >= 11 is 0. The molecular formula is C24H38N2O3. The molecule has 5 nitrogen and oxygen atoms in total. The maximum atomic E-state index is 11.8. The molecule has 1 aromatic rings. The van der Waals surface area contributed by atoms with Crippen LogP contribution in [0.5, 0.6) is 0 Å². The summed E-state index contributed by atoms with van der Waals surface area (Å²) in [5.74, 6) is -1.43. The second-order valence-corrected chi connectivity index (χ2v) is 7.46. The molecule has 0 aromatic heterocycles. The smallest absolute Gasteiger partial charge is 0.322 e. The van der Waals surface area contributed by atoms with Gasteiger partial charge in [-0.2, -0.15) is 0 Å². The summed E-state index contributed by atoms with van der Waals surface area (Å²) in [6.07, 6.45) is 18.8. The Hall–Kier alpha value is -2.30. The molecule has 0 unspecified atom stereocenters. The number of anilines is 1. The Balaban J connectivity index is 2.02. The summed E-state index contributed by atoms with van der Waals surface area (Å²) in [4.78, 5) is 22.2. The number of carbonyl (C=O) groups excluding carboxylic acids is 1. The monoisotopic (exact) mass is 402 g/mol. The molecule has 0 aliphatic carbocycles. The molecule has 0 saturated heterocycles. The lowest BCUT2D eigenvalue weighted by Gasteiger charge is -2.07. The summed E-state index contributed by atoms with van der Waals surface area (Å²) in [5, 5.41) is 14.3. The fourth-order valence-electron chi connectivity index (χ4n) is 3.08. The summed E-state index contributed by atoms with van der Waals surface area (Å²) in [6.45, 7) is 2.77. The summed E-state index contributed by atoms with van der Waals surface area (Å²) in [7, 11) is 0.